The molecule has 2 fully saturated rings. The van der Waals surface area contributed by atoms with Crippen molar-refractivity contribution in [3.63, 3.8) is 0 Å². The second kappa shape index (κ2) is 21.7. The van der Waals surface area contributed by atoms with Crippen molar-refractivity contribution in [1.82, 2.24) is 21.3 Å². The van der Waals surface area contributed by atoms with Crippen LogP contribution in [0.4, 0.5) is 0 Å². The molecule has 2 saturated heterocycles. The maximum atomic E-state index is 13.1. The molecular weight excluding hydrogens is 900 g/mol. The summed E-state index contributed by atoms with van der Waals surface area (Å²) in [6.07, 6.45) is -3.05. The first-order chi connectivity index (χ1) is 29.0. The first-order valence-corrected chi connectivity index (χ1v) is 20.8. The van der Waals surface area contributed by atoms with E-state index in [0.717, 1.165) is 0 Å². The fraction of sp³-hybridized carbons (Fsp3) is 0.474. The summed E-state index contributed by atoms with van der Waals surface area (Å²) in [6, 6.07) is 8.37. The van der Waals surface area contributed by atoms with Crippen LogP contribution in [0.5, 0.6) is 0 Å². The summed E-state index contributed by atoms with van der Waals surface area (Å²) in [7, 11) is -3.41. The van der Waals surface area contributed by atoms with Crippen molar-refractivity contribution in [2.75, 3.05) is 13.1 Å². The summed E-state index contributed by atoms with van der Waals surface area (Å²) in [4.78, 5) is 104. The lowest BCUT2D eigenvalue weighted by molar-refractivity contribution is -0.179. The minimum atomic E-state index is -2.45. The summed E-state index contributed by atoms with van der Waals surface area (Å²) in [5.41, 5.74) is -4.89. The van der Waals surface area contributed by atoms with Gasteiger partial charge in [0.2, 0.25) is 11.8 Å². The number of rotatable bonds is 19. The molecule has 0 saturated carbocycles. The molecule has 62 heavy (non-hydrogen) atoms. The molecule has 0 radical (unpaired) electrons. The monoisotopic (exact) mass is 942 g/mol. The smallest absolute Gasteiger partial charge is 0.508 e. The van der Waals surface area contributed by atoms with Crippen LogP contribution in [-0.2, 0) is 47.4 Å². The Hall–Kier alpha value is -4.59. The minimum Gasteiger partial charge on any atom is -0.508 e. The quantitative estimate of drug-likeness (QED) is 0.109. The first-order valence-electron chi connectivity index (χ1n) is 19.3. The van der Waals surface area contributed by atoms with E-state index >= 15 is 0 Å². The Bertz CT molecular complexity index is 1940. The predicted molar refractivity (Wildman–Crippen MR) is 225 cm³/mol. The number of amides is 4. The highest BCUT2D eigenvalue weighted by Gasteiger charge is 2.58. The van der Waals surface area contributed by atoms with Gasteiger partial charge in [-0.15, -0.1) is 0 Å². The predicted octanol–water partition coefficient (Wildman–Crippen LogP) is 3.93. The number of carboxylic acid groups (broad SMARTS) is 2. The summed E-state index contributed by atoms with van der Waals surface area (Å²) in [5, 5.41) is 31.7. The lowest BCUT2D eigenvalue weighted by Gasteiger charge is -2.42. The van der Waals surface area contributed by atoms with E-state index in [0.29, 0.717) is 0 Å². The number of carbonyl (C=O) groups excluding carboxylic acids is 6. The van der Waals surface area contributed by atoms with Gasteiger partial charge in [-0.3, -0.25) is 28.8 Å². The van der Waals surface area contributed by atoms with E-state index in [9.17, 15) is 48.6 Å². The summed E-state index contributed by atoms with van der Waals surface area (Å²) < 4.78 is 22.7. The molecule has 24 heteroatoms. The lowest BCUT2D eigenvalue weighted by atomic mass is 9.69. The van der Waals surface area contributed by atoms with Gasteiger partial charge in [0.1, 0.15) is 0 Å². The zero-order valence-electron chi connectivity index (χ0n) is 33.9. The second-order valence-electron chi connectivity index (χ2n) is 15.6. The molecular formula is C38H44B2Cl4N4O14. The molecule has 2 aliphatic rings. The Labute approximate surface area is 376 Å². The number of aliphatic carboxylic acids is 2. The van der Waals surface area contributed by atoms with Crippen molar-refractivity contribution in [1.29, 1.82) is 0 Å². The summed E-state index contributed by atoms with van der Waals surface area (Å²) in [5.74, 6) is -11.1. The van der Waals surface area contributed by atoms with Crippen LogP contribution in [0.25, 0.3) is 0 Å². The van der Waals surface area contributed by atoms with E-state index in [-0.39, 0.29) is 55.9 Å². The highest BCUT2D eigenvalue weighted by atomic mass is 35.5. The second-order valence-corrected chi connectivity index (χ2v) is 17.3. The zero-order valence-corrected chi connectivity index (χ0v) is 36.9. The molecule has 0 aliphatic carbocycles. The van der Waals surface area contributed by atoms with Crippen molar-refractivity contribution >= 4 is 108 Å². The minimum absolute atomic E-state index is 0.00404. The molecule has 6 N–H and O–H groups in total. The molecule has 0 unspecified atom stereocenters. The van der Waals surface area contributed by atoms with Crippen molar-refractivity contribution in [2.24, 2.45) is 11.8 Å². The normalized spacial score (nSPS) is 19.8. The van der Waals surface area contributed by atoms with Crippen molar-refractivity contribution < 1.29 is 67.2 Å². The number of hydrogen-bond donors (Lipinski definition) is 6. The van der Waals surface area contributed by atoms with Crippen LogP contribution in [0.3, 0.4) is 0 Å². The number of carbonyl (C=O) groups is 8. The average Bonchev–Trinajstić information content (AvgIpc) is 3.18. The van der Waals surface area contributed by atoms with Gasteiger partial charge >= 0.3 is 26.2 Å². The van der Waals surface area contributed by atoms with Crippen molar-refractivity contribution in [3.05, 3.63) is 67.6 Å². The van der Waals surface area contributed by atoms with Crippen LogP contribution in [0.15, 0.2) is 36.4 Å². The van der Waals surface area contributed by atoms with Crippen LogP contribution < -0.4 is 21.3 Å². The van der Waals surface area contributed by atoms with Crippen LogP contribution in [0.1, 0.15) is 86.9 Å². The third-order valence-corrected chi connectivity index (χ3v) is 10.8. The summed E-state index contributed by atoms with van der Waals surface area (Å²) in [6.45, 7) is 5.92. The Morgan fingerprint density at radius 2 is 1.00 bits per heavy atom. The highest BCUT2D eigenvalue weighted by Crippen LogP contribution is 2.38. The molecule has 4 atom stereocenters. The van der Waals surface area contributed by atoms with Crippen molar-refractivity contribution in [2.45, 2.75) is 89.3 Å². The summed E-state index contributed by atoms with van der Waals surface area (Å²) >= 11 is 24.1. The van der Waals surface area contributed by atoms with Gasteiger partial charge < -0.3 is 50.1 Å². The van der Waals surface area contributed by atoms with Crippen LogP contribution in [0.2, 0.25) is 20.1 Å². The number of halogens is 4. The Morgan fingerprint density at radius 3 is 1.32 bits per heavy atom. The van der Waals surface area contributed by atoms with Gasteiger partial charge in [0.15, 0.2) is 11.2 Å². The zero-order chi connectivity index (χ0) is 46.1. The molecule has 18 nitrogen and oxygen atoms in total. The van der Waals surface area contributed by atoms with Gasteiger partial charge in [0.05, 0.1) is 59.0 Å². The number of benzene rings is 2. The van der Waals surface area contributed by atoms with Crippen molar-refractivity contribution in [3.8, 4) is 0 Å². The molecule has 2 aromatic rings. The third kappa shape index (κ3) is 13.5. The van der Waals surface area contributed by atoms with E-state index in [1.807, 2.05) is 0 Å². The topological polar surface area (TPSA) is 262 Å². The van der Waals surface area contributed by atoms with Gasteiger partial charge in [0.25, 0.3) is 23.8 Å². The Balaban J connectivity index is 1.50. The maximum Gasteiger partial charge on any atom is 0.552 e. The van der Waals surface area contributed by atoms with Gasteiger partial charge in [-0.2, -0.15) is 0 Å². The molecule has 2 aromatic carbocycles. The largest absolute Gasteiger partial charge is 0.552 e. The lowest BCUT2D eigenvalue weighted by Crippen LogP contribution is -2.63. The van der Waals surface area contributed by atoms with Crippen LogP contribution in [0, 0.1) is 11.8 Å². The highest BCUT2D eigenvalue weighted by molar-refractivity contribution is 6.51. The van der Waals surface area contributed by atoms with E-state index < -0.39 is 124 Å². The van der Waals surface area contributed by atoms with Gasteiger partial charge in [-0.25, -0.2) is 9.59 Å². The van der Waals surface area contributed by atoms with E-state index in [1.165, 1.54) is 36.4 Å². The van der Waals surface area contributed by atoms with E-state index in [1.54, 1.807) is 27.7 Å². The third-order valence-electron chi connectivity index (χ3n) is 9.72. The average molecular weight is 944 g/mol. The first kappa shape index (κ1) is 50.1. The van der Waals surface area contributed by atoms with Gasteiger partial charge in [-0.05, 0) is 73.9 Å². The van der Waals surface area contributed by atoms with Crippen LogP contribution >= 0.6 is 46.4 Å². The Kier molecular flexibility index (Phi) is 17.5. The SMILES string of the molecule is CC(C)C[C@H](NC(=O)CNC(=O)c1cc(Cl)ccc1Cl)B1OC(=O)C[C@@](CC[C@@]2(C(=O)O)CC(=O)OB([C@H](CC(C)C)NC(=O)CNC(=O)c3cc(Cl)ccc3Cl)O2)(C(=O)O)O1. The fourth-order valence-corrected chi connectivity index (χ4v) is 7.49. The molecule has 4 amide bonds. The molecule has 334 valence electrons. The molecule has 4 rings (SSSR count). The molecule has 2 aliphatic heterocycles. The number of carboxylic acids is 2. The maximum absolute atomic E-state index is 13.1. The molecule has 0 bridgehead atoms. The standard InChI is InChI=1S/C38H44B2Cl4N4O14/c1-19(2)11-27(47-29(49)17-45-33(53)23-13-21(41)5-7-25(23)43)39-59-31(51)15-37(61-39,35(55)56)9-10-38(36(57)58)16-32(52)60-40(62-38)28(12-20(3)4)48-30(50)18-46-34(54)24-14-22(42)6-8-26(24)44/h5-8,13-14,19-20,27-28H,9-12,15-18H2,1-4H3,(H,45,53)(H,46,54)(H,47,49)(H,48,50)(H,55,56)(H,57,58)/t27-,28-,37-,38-/m0/s1. The molecule has 0 aromatic heterocycles. The van der Waals surface area contributed by atoms with Gasteiger partial charge in [-0.1, -0.05) is 74.1 Å². The molecule has 2 heterocycles. The fourth-order valence-electron chi connectivity index (χ4n) is 6.74. The number of hydrogen-bond acceptors (Lipinski definition) is 12. The number of nitrogens with one attached hydrogen (secondary N) is 4. The van der Waals surface area contributed by atoms with E-state index in [2.05, 4.69) is 21.3 Å². The van der Waals surface area contributed by atoms with Gasteiger partial charge in [0, 0.05) is 10.0 Å². The van der Waals surface area contributed by atoms with E-state index in [4.69, 9.17) is 65.0 Å². The Morgan fingerprint density at radius 1 is 0.645 bits per heavy atom. The van der Waals surface area contributed by atoms with Crippen LogP contribution in [-0.4, -0.2) is 108 Å². The molecule has 0 spiro atoms.